The maximum atomic E-state index is 12.6. The van der Waals surface area contributed by atoms with Gasteiger partial charge in [-0.3, -0.25) is 19.2 Å². The molecule has 0 bridgehead atoms. The Hall–Kier alpha value is -2.71. The summed E-state index contributed by atoms with van der Waals surface area (Å²) in [5.74, 6) is 0.847. The van der Waals surface area contributed by atoms with Gasteiger partial charge in [-0.15, -0.1) is 0 Å². The van der Waals surface area contributed by atoms with Crippen molar-refractivity contribution in [3.8, 4) is 0 Å². The molecule has 0 radical (unpaired) electrons. The number of hydrogen-bond donors (Lipinski definition) is 1. The first-order valence-corrected chi connectivity index (χ1v) is 10.3. The number of hydrogen-bond acceptors (Lipinski definition) is 5. The Morgan fingerprint density at radius 1 is 1.11 bits per heavy atom. The van der Waals surface area contributed by atoms with Gasteiger partial charge in [0.15, 0.2) is 0 Å². The fourth-order valence-electron chi connectivity index (χ4n) is 3.12. The van der Waals surface area contributed by atoms with E-state index >= 15 is 0 Å². The van der Waals surface area contributed by atoms with Crippen LogP contribution in [0.15, 0.2) is 53.5 Å². The van der Waals surface area contributed by atoms with Crippen molar-refractivity contribution in [2.24, 2.45) is 4.99 Å². The van der Waals surface area contributed by atoms with Gasteiger partial charge in [0.25, 0.3) is 16.0 Å². The van der Waals surface area contributed by atoms with Gasteiger partial charge in [0.05, 0.1) is 30.6 Å². The number of carbonyl (C=O) groups is 1. The smallest absolute Gasteiger partial charge is 0.262 e. The number of guanidine groups is 1. The van der Waals surface area contributed by atoms with E-state index in [9.17, 15) is 13.2 Å². The van der Waals surface area contributed by atoms with E-state index in [1.807, 2.05) is 30.3 Å². The molecule has 2 aliphatic heterocycles. The Morgan fingerprint density at radius 2 is 1.74 bits per heavy atom. The summed E-state index contributed by atoms with van der Waals surface area (Å²) >= 11 is 0. The minimum atomic E-state index is -3.67. The van der Waals surface area contributed by atoms with Crippen molar-refractivity contribution in [3.63, 3.8) is 0 Å². The molecule has 2 aromatic carbocycles. The lowest BCUT2D eigenvalue weighted by atomic mass is 10.0. The van der Waals surface area contributed by atoms with E-state index in [0.717, 1.165) is 23.8 Å². The number of aliphatic imine (C=N–C) groups is 1. The topological polar surface area (TPSA) is 90.3 Å². The number of benzene rings is 2. The van der Waals surface area contributed by atoms with Crippen molar-refractivity contribution in [2.75, 3.05) is 24.2 Å². The SMILES string of the molecule is CS(=O)(=O)O.Cc1ccccc1CN1C2=NCCN2C(=O)c2ccccc21. The van der Waals surface area contributed by atoms with Gasteiger partial charge in [0.1, 0.15) is 0 Å². The number of rotatable bonds is 2. The second-order valence-corrected chi connectivity index (χ2v) is 7.87. The van der Waals surface area contributed by atoms with Gasteiger partial charge < -0.3 is 4.90 Å². The van der Waals surface area contributed by atoms with Crippen LogP contribution in [-0.4, -0.2) is 49.1 Å². The first-order chi connectivity index (χ1) is 12.8. The Bertz CT molecular complexity index is 994. The van der Waals surface area contributed by atoms with E-state index in [4.69, 9.17) is 4.55 Å². The molecule has 0 saturated carbocycles. The first kappa shape index (κ1) is 19.1. The minimum absolute atomic E-state index is 0.0629. The molecule has 27 heavy (non-hydrogen) atoms. The van der Waals surface area contributed by atoms with E-state index in [1.54, 1.807) is 4.90 Å². The molecule has 2 heterocycles. The highest BCUT2D eigenvalue weighted by molar-refractivity contribution is 7.85. The molecule has 4 rings (SSSR count). The number of aryl methyl sites for hydroxylation is 1. The number of amides is 1. The molecule has 0 aliphatic carbocycles. The summed E-state index contributed by atoms with van der Waals surface area (Å²) in [6.07, 6.45) is 0.715. The summed E-state index contributed by atoms with van der Waals surface area (Å²) in [5, 5.41) is 0. The lowest BCUT2D eigenvalue weighted by molar-refractivity contribution is 0.0851. The highest BCUT2D eigenvalue weighted by Gasteiger charge is 2.36. The number of nitrogens with zero attached hydrogens (tertiary/aromatic N) is 3. The number of fused-ring (bicyclic) bond motifs is 2. The zero-order valence-electron chi connectivity index (χ0n) is 15.2. The molecule has 0 aromatic heterocycles. The van der Waals surface area contributed by atoms with Crippen LogP contribution >= 0.6 is 0 Å². The predicted molar refractivity (Wildman–Crippen MR) is 105 cm³/mol. The van der Waals surface area contributed by atoms with E-state index in [2.05, 4.69) is 35.0 Å². The molecule has 0 atom stereocenters. The molecule has 8 heteroatoms. The van der Waals surface area contributed by atoms with E-state index < -0.39 is 10.1 Å². The van der Waals surface area contributed by atoms with Crippen LogP contribution in [0.1, 0.15) is 21.5 Å². The van der Waals surface area contributed by atoms with Crippen molar-refractivity contribution < 1.29 is 17.8 Å². The Labute approximate surface area is 158 Å². The molecular weight excluding hydrogens is 366 g/mol. The van der Waals surface area contributed by atoms with E-state index in [1.165, 1.54) is 11.1 Å². The third-order valence-electron chi connectivity index (χ3n) is 4.32. The van der Waals surface area contributed by atoms with Crippen LogP contribution in [0.4, 0.5) is 5.69 Å². The van der Waals surface area contributed by atoms with Gasteiger partial charge in [0, 0.05) is 6.54 Å². The van der Waals surface area contributed by atoms with E-state index in [0.29, 0.717) is 19.3 Å². The summed E-state index contributed by atoms with van der Waals surface area (Å²) in [5.41, 5.74) is 4.22. The third kappa shape index (κ3) is 4.35. The molecule has 0 saturated heterocycles. The standard InChI is InChI=1S/C18H17N3O.CH4O3S/c1-13-6-2-3-7-14(13)12-21-16-9-5-4-8-15(16)17(22)20-11-10-19-18(20)21;1-5(2,3)4/h2-9H,10-12H2,1H3;1H3,(H,2,3,4). The molecule has 7 nitrogen and oxygen atoms in total. The zero-order valence-corrected chi connectivity index (χ0v) is 16.0. The predicted octanol–water partition coefficient (Wildman–Crippen LogP) is 2.33. The van der Waals surface area contributed by atoms with Crippen LogP contribution in [-0.2, 0) is 16.7 Å². The van der Waals surface area contributed by atoms with Crippen molar-refractivity contribution in [3.05, 3.63) is 65.2 Å². The monoisotopic (exact) mass is 387 g/mol. The summed E-state index contributed by atoms with van der Waals surface area (Å²) < 4.78 is 25.9. The number of para-hydroxylation sites is 1. The van der Waals surface area contributed by atoms with Crippen molar-refractivity contribution in [1.29, 1.82) is 0 Å². The summed E-state index contributed by atoms with van der Waals surface area (Å²) in [6.45, 7) is 4.20. The van der Waals surface area contributed by atoms with Crippen molar-refractivity contribution >= 4 is 27.7 Å². The van der Waals surface area contributed by atoms with Gasteiger partial charge in [-0.2, -0.15) is 8.42 Å². The molecule has 0 spiro atoms. The molecular formula is C19H21N3O4S. The summed E-state index contributed by atoms with van der Waals surface area (Å²) in [4.78, 5) is 21.1. The van der Waals surface area contributed by atoms with Crippen LogP contribution in [0, 0.1) is 6.92 Å². The third-order valence-corrected chi connectivity index (χ3v) is 4.32. The summed E-state index contributed by atoms with van der Waals surface area (Å²) in [6, 6.07) is 16.1. The maximum Gasteiger partial charge on any atom is 0.262 e. The number of anilines is 1. The largest absolute Gasteiger partial charge is 0.307 e. The molecule has 0 fully saturated rings. The van der Waals surface area contributed by atoms with Crippen molar-refractivity contribution in [1.82, 2.24) is 4.90 Å². The Morgan fingerprint density at radius 3 is 2.44 bits per heavy atom. The highest BCUT2D eigenvalue weighted by Crippen LogP contribution is 2.31. The van der Waals surface area contributed by atoms with Gasteiger partial charge in [-0.1, -0.05) is 36.4 Å². The second-order valence-electron chi connectivity index (χ2n) is 6.40. The van der Waals surface area contributed by atoms with Gasteiger partial charge in [-0.05, 0) is 30.2 Å². The van der Waals surface area contributed by atoms with Crippen LogP contribution in [0.3, 0.4) is 0 Å². The maximum absolute atomic E-state index is 12.6. The van der Waals surface area contributed by atoms with Crippen LogP contribution in [0.5, 0.6) is 0 Å². The van der Waals surface area contributed by atoms with Gasteiger partial charge >= 0.3 is 0 Å². The molecule has 2 aliphatic rings. The fourth-order valence-corrected chi connectivity index (χ4v) is 3.12. The Kier molecular flexibility index (Phi) is 5.29. The zero-order chi connectivity index (χ0) is 19.6. The molecule has 1 N–H and O–H groups in total. The van der Waals surface area contributed by atoms with Crippen LogP contribution in [0.2, 0.25) is 0 Å². The number of carbonyl (C=O) groups excluding carboxylic acids is 1. The lowest BCUT2D eigenvalue weighted by Gasteiger charge is -2.36. The Balaban J connectivity index is 0.000000376. The van der Waals surface area contributed by atoms with Crippen molar-refractivity contribution in [2.45, 2.75) is 13.5 Å². The normalized spacial score (nSPS) is 15.5. The average molecular weight is 387 g/mol. The molecule has 2 aromatic rings. The average Bonchev–Trinajstić information content (AvgIpc) is 3.09. The van der Waals surface area contributed by atoms with Gasteiger partial charge in [-0.25, -0.2) is 0 Å². The highest BCUT2D eigenvalue weighted by atomic mass is 32.2. The van der Waals surface area contributed by atoms with Crippen LogP contribution < -0.4 is 4.90 Å². The summed E-state index contributed by atoms with van der Waals surface area (Å²) in [7, 11) is -3.67. The minimum Gasteiger partial charge on any atom is -0.307 e. The lowest BCUT2D eigenvalue weighted by Crippen LogP contribution is -2.49. The first-order valence-electron chi connectivity index (χ1n) is 8.45. The molecule has 142 valence electrons. The molecule has 0 unspecified atom stereocenters. The quantitative estimate of drug-likeness (QED) is 0.799. The molecule has 1 amide bonds. The fraction of sp³-hybridized carbons (Fsp3) is 0.263. The van der Waals surface area contributed by atoms with Crippen LogP contribution in [0.25, 0.3) is 0 Å². The van der Waals surface area contributed by atoms with Gasteiger partial charge in [0.2, 0.25) is 5.96 Å². The van der Waals surface area contributed by atoms with E-state index in [-0.39, 0.29) is 5.91 Å². The second kappa shape index (κ2) is 7.50.